The number of carbonyl (C=O) groups excluding carboxylic acids is 1. The van der Waals surface area contributed by atoms with Crippen LogP contribution in [0.2, 0.25) is 0 Å². The quantitative estimate of drug-likeness (QED) is 0.421. The first kappa shape index (κ1) is 19.0. The summed E-state index contributed by atoms with van der Waals surface area (Å²) in [6, 6.07) is 6.43. The molecule has 0 aliphatic rings. The monoisotopic (exact) mass is 361 g/mol. The molecule has 0 aliphatic carbocycles. The van der Waals surface area contributed by atoms with Gasteiger partial charge in [0.1, 0.15) is 18.4 Å². The Kier molecular flexibility index (Phi) is 6.31. The lowest BCUT2D eigenvalue weighted by Gasteiger charge is -2.13. The third-order valence-corrected chi connectivity index (χ3v) is 3.31. The summed E-state index contributed by atoms with van der Waals surface area (Å²) >= 11 is 0. The molecule has 0 saturated heterocycles. The molecule has 0 spiro atoms. The number of esters is 1. The Morgan fingerprint density at radius 1 is 1.04 bits per heavy atom. The second kappa shape index (κ2) is 8.65. The molecule has 9 heteroatoms. The second-order valence-electron chi connectivity index (χ2n) is 4.87. The highest BCUT2D eigenvalue weighted by Gasteiger charge is 2.22. The summed E-state index contributed by atoms with van der Waals surface area (Å²) in [7, 11) is 5.60. The molecule has 26 heavy (non-hydrogen) atoms. The lowest BCUT2D eigenvalue weighted by atomic mass is 10.0. The number of carbonyl (C=O) groups is 1. The number of aromatic nitrogens is 2. The molecule has 0 aliphatic heterocycles. The zero-order valence-electron chi connectivity index (χ0n) is 15.1. The molecular formula is C17H19N3O6. The van der Waals surface area contributed by atoms with Gasteiger partial charge in [0.25, 0.3) is 0 Å². The van der Waals surface area contributed by atoms with E-state index in [2.05, 4.69) is 15.1 Å². The van der Waals surface area contributed by atoms with Crippen LogP contribution in [0.1, 0.15) is 22.8 Å². The van der Waals surface area contributed by atoms with Crippen molar-refractivity contribution in [3.63, 3.8) is 0 Å². The molecule has 0 N–H and O–H groups in total. The first-order valence-electron chi connectivity index (χ1n) is 7.48. The van der Waals surface area contributed by atoms with E-state index in [0.717, 1.165) is 0 Å². The van der Waals surface area contributed by atoms with Crippen molar-refractivity contribution in [2.24, 2.45) is 5.16 Å². The van der Waals surface area contributed by atoms with Crippen LogP contribution in [0.5, 0.6) is 23.5 Å². The third-order valence-electron chi connectivity index (χ3n) is 3.31. The molecule has 0 atom stereocenters. The van der Waals surface area contributed by atoms with E-state index >= 15 is 0 Å². The average Bonchev–Trinajstić information content (AvgIpc) is 2.67. The molecule has 0 unspecified atom stereocenters. The molecule has 1 aromatic carbocycles. The standard InChI is InChI=1S/C17H19N3O6/c1-10(20-25-5)11-7-6-8-12(15(11)16(21)24-4)26-17-18-13(22-2)9-14(19-17)23-3/h6-9H,1-5H3/b20-10+. The molecule has 0 amide bonds. The highest BCUT2D eigenvalue weighted by molar-refractivity contribution is 6.09. The van der Waals surface area contributed by atoms with E-state index in [4.69, 9.17) is 23.8 Å². The molecule has 1 aromatic heterocycles. The van der Waals surface area contributed by atoms with E-state index < -0.39 is 5.97 Å². The van der Waals surface area contributed by atoms with Crippen LogP contribution in [0.15, 0.2) is 29.4 Å². The summed E-state index contributed by atoms with van der Waals surface area (Å²) in [5, 5.41) is 3.86. The van der Waals surface area contributed by atoms with Crippen molar-refractivity contribution in [2.45, 2.75) is 6.92 Å². The van der Waals surface area contributed by atoms with Crippen molar-refractivity contribution < 1.29 is 28.6 Å². The maximum atomic E-state index is 12.3. The summed E-state index contributed by atoms with van der Waals surface area (Å²) in [6.45, 7) is 1.69. The minimum Gasteiger partial charge on any atom is -0.481 e. The summed E-state index contributed by atoms with van der Waals surface area (Å²) in [6.07, 6.45) is 0. The number of hydrogen-bond acceptors (Lipinski definition) is 9. The van der Waals surface area contributed by atoms with Crippen LogP contribution in [0.4, 0.5) is 0 Å². The molecule has 0 saturated carbocycles. The summed E-state index contributed by atoms with van der Waals surface area (Å²) in [4.78, 5) is 25.3. The summed E-state index contributed by atoms with van der Waals surface area (Å²) < 4.78 is 20.8. The van der Waals surface area contributed by atoms with E-state index in [1.165, 1.54) is 34.5 Å². The summed E-state index contributed by atoms with van der Waals surface area (Å²) in [5.41, 5.74) is 1.13. The first-order valence-corrected chi connectivity index (χ1v) is 7.48. The van der Waals surface area contributed by atoms with Gasteiger partial charge >= 0.3 is 12.0 Å². The highest BCUT2D eigenvalue weighted by atomic mass is 16.6. The van der Waals surface area contributed by atoms with Crippen molar-refractivity contribution in [1.29, 1.82) is 0 Å². The van der Waals surface area contributed by atoms with Gasteiger partial charge in [0.05, 0.1) is 33.1 Å². The Balaban J connectivity index is 2.54. The number of methoxy groups -OCH3 is 3. The predicted octanol–water partition coefficient (Wildman–Crippen LogP) is 2.44. The molecule has 2 aromatic rings. The van der Waals surface area contributed by atoms with Gasteiger partial charge in [-0.25, -0.2) is 4.79 Å². The van der Waals surface area contributed by atoms with Crippen LogP contribution in [-0.4, -0.2) is 50.1 Å². The fraction of sp³-hybridized carbons (Fsp3) is 0.294. The van der Waals surface area contributed by atoms with Crippen LogP contribution < -0.4 is 14.2 Å². The lowest BCUT2D eigenvalue weighted by molar-refractivity contribution is 0.0597. The van der Waals surface area contributed by atoms with Crippen molar-refractivity contribution in [2.75, 3.05) is 28.4 Å². The molecule has 0 bridgehead atoms. The molecule has 2 rings (SSSR count). The van der Waals surface area contributed by atoms with Crippen molar-refractivity contribution in [1.82, 2.24) is 9.97 Å². The van der Waals surface area contributed by atoms with Crippen LogP contribution in [-0.2, 0) is 9.57 Å². The topological polar surface area (TPSA) is 101 Å². The largest absolute Gasteiger partial charge is 0.481 e. The van der Waals surface area contributed by atoms with Crippen molar-refractivity contribution in [3.05, 3.63) is 35.4 Å². The molecule has 0 fully saturated rings. The van der Waals surface area contributed by atoms with Crippen molar-refractivity contribution >= 4 is 11.7 Å². The Hall–Kier alpha value is -3.36. The SMILES string of the molecule is CO/N=C(\C)c1cccc(Oc2nc(OC)cc(OC)n2)c1C(=O)OC. The first-order chi connectivity index (χ1) is 12.5. The van der Waals surface area contributed by atoms with Crippen LogP contribution in [0.25, 0.3) is 0 Å². The van der Waals surface area contributed by atoms with E-state index in [-0.39, 0.29) is 29.1 Å². The number of oxime groups is 1. The van der Waals surface area contributed by atoms with Crippen LogP contribution >= 0.6 is 0 Å². The Labute approximate surface area is 150 Å². The Bertz CT molecular complexity index is 800. The van der Waals surface area contributed by atoms with Gasteiger partial charge in [-0.15, -0.1) is 0 Å². The third kappa shape index (κ3) is 4.18. The van der Waals surface area contributed by atoms with Crippen LogP contribution in [0, 0.1) is 0 Å². The zero-order valence-corrected chi connectivity index (χ0v) is 15.1. The minimum absolute atomic E-state index is 0.0511. The molecule has 138 valence electrons. The Morgan fingerprint density at radius 3 is 2.23 bits per heavy atom. The van der Waals surface area contributed by atoms with E-state index in [1.807, 2.05) is 0 Å². The van der Waals surface area contributed by atoms with Gasteiger partial charge in [-0.1, -0.05) is 17.3 Å². The van der Waals surface area contributed by atoms with Gasteiger partial charge in [-0.3, -0.25) is 0 Å². The lowest BCUT2D eigenvalue weighted by Crippen LogP contribution is -2.11. The minimum atomic E-state index is -0.601. The van der Waals surface area contributed by atoms with Gasteiger partial charge in [0, 0.05) is 5.56 Å². The van der Waals surface area contributed by atoms with E-state index in [0.29, 0.717) is 11.3 Å². The van der Waals surface area contributed by atoms with E-state index in [9.17, 15) is 4.79 Å². The molecular weight excluding hydrogens is 342 g/mol. The zero-order chi connectivity index (χ0) is 19.1. The number of benzene rings is 1. The molecule has 9 nitrogen and oxygen atoms in total. The fourth-order valence-electron chi connectivity index (χ4n) is 2.15. The highest BCUT2D eigenvalue weighted by Crippen LogP contribution is 2.29. The maximum absolute atomic E-state index is 12.3. The molecule has 1 heterocycles. The number of hydrogen-bond donors (Lipinski definition) is 0. The smallest absolute Gasteiger partial charge is 0.342 e. The van der Waals surface area contributed by atoms with Gasteiger partial charge in [-0.05, 0) is 13.0 Å². The van der Waals surface area contributed by atoms with Gasteiger partial charge in [0.15, 0.2) is 0 Å². The predicted molar refractivity (Wildman–Crippen MR) is 92.2 cm³/mol. The van der Waals surface area contributed by atoms with Gasteiger partial charge in [0.2, 0.25) is 11.8 Å². The number of nitrogens with zero attached hydrogens (tertiary/aromatic N) is 3. The average molecular weight is 361 g/mol. The van der Waals surface area contributed by atoms with Crippen LogP contribution in [0.3, 0.4) is 0 Å². The number of rotatable bonds is 7. The Morgan fingerprint density at radius 2 is 1.69 bits per heavy atom. The maximum Gasteiger partial charge on any atom is 0.342 e. The normalized spacial score (nSPS) is 10.9. The molecule has 0 radical (unpaired) electrons. The van der Waals surface area contributed by atoms with E-state index in [1.54, 1.807) is 25.1 Å². The van der Waals surface area contributed by atoms with Gasteiger partial charge < -0.3 is 23.8 Å². The fourth-order valence-corrected chi connectivity index (χ4v) is 2.15. The second-order valence-corrected chi connectivity index (χ2v) is 4.87. The summed E-state index contributed by atoms with van der Waals surface area (Å²) in [5.74, 6) is 0.0888. The van der Waals surface area contributed by atoms with Gasteiger partial charge in [-0.2, -0.15) is 9.97 Å². The van der Waals surface area contributed by atoms with Crippen molar-refractivity contribution in [3.8, 4) is 23.5 Å². The number of ether oxygens (including phenoxy) is 4.